The van der Waals surface area contributed by atoms with E-state index in [-0.39, 0.29) is 18.0 Å². The Bertz CT molecular complexity index is 1460. The third-order valence-electron chi connectivity index (χ3n) is 6.47. The minimum atomic E-state index is -0.321. The highest BCUT2D eigenvalue weighted by Crippen LogP contribution is 2.46. The molecule has 6 rings (SSSR count). The molecule has 1 atom stereocenters. The molecule has 0 bridgehead atoms. The number of para-hydroxylation sites is 1. The van der Waals surface area contributed by atoms with Gasteiger partial charge in [0.15, 0.2) is 0 Å². The summed E-state index contributed by atoms with van der Waals surface area (Å²) in [6, 6.07) is 16.8. The van der Waals surface area contributed by atoms with Crippen LogP contribution in [0.2, 0.25) is 0 Å². The molecule has 3 amide bonds. The average molecular weight is 500 g/mol. The molecule has 2 aliphatic heterocycles. The van der Waals surface area contributed by atoms with Crippen LogP contribution in [0.15, 0.2) is 60.8 Å². The number of urea groups is 1. The van der Waals surface area contributed by atoms with E-state index in [2.05, 4.69) is 20.9 Å². The second-order valence-electron chi connectivity index (χ2n) is 8.96. The molecular weight excluding hydrogens is 474 g/mol. The van der Waals surface area contributed by atoms with Gasteiger partial charge < -0.3 is 20.7 Å². The third kappa shape index (κ3) is 4.06. The normalized spacial score (nSPS) is 17.1. The number of ether oxygens (including phenoxy) is 1. The zero-order chi connectivity index (χ0) is 24.6. The number of benzene rings is 2. The van der Waals surface area contributed by atoms with Gasteiger partial charge >= 0.3 is 6.03 Å². The third-order valence-corrected chi connectivity index (χ3v) is 7.57. The molecule has 1 unspecified atom stereocenters. The first-order chi connectivity index (χ1) is 17.6. The Kier molecular flexibility index (Phi) is 5.79. The zero-order valence-electron chi connectivity index (χ0n) is 19.7. The molecule has 0 spiro atoms. The average Bonchev–Trinajstić information content (AvgIpc) is 3.26. The van der Waals surface area contributed by atoms with Crippen LogP contribution in [0.4, 0.5) is 21.9 Å². The second-order valence-corrected chi connectivity index (χ2v) is 9.96. The van der Waals surface area contributed by atoms with E-state index in [4.69, 9.17) is 4.74 Å². The van der Waals surface area contributed by atoms with Crippen LogP contribution in [0, 0.1) is 6.92 Å². The molecule has 4 aromatic rings. The molecule has 182 valence electrons. The largest absolute Gasteiger partial charge is 0.457 e. The maximum atomic E-state index is 13.4. The van der Waals surface area contributed by atoms with Crippen molar-refractivity contribution in [3.8, 4) is 11.5 Å². The van der Waals surface area contributed by atoms with Gasteiger partial charge in [-0.3, -0.25) is 9.69 Å². The van der Waals surface area contributed by atoms with Crippen molar-refractivity contribution in [1.82, 2.24) is 15.6 Å². The number of carbonyl (C=O) groups is 2. The summed E-state index contributed by atoms with van der Waals surface area (Å²) in [5.41, 5.74) is 2.83. The van der Waals surface area contributed by atoms with Crippen molar-refractivity contribution in [3.63, 3.8) is 0 Å². The summed E-state index contributed by atoms with van der Waals surface area (Å²) in [7, 11) is 0. The first-order valence-corrected chi connectivity index (χ1v) is 12.8. The number of aryl methyl sites for hydroxylation is 1. The number of amides is 3. The molecule has 2 aromatic heterocycles. The van der Waals surface area contributed by atoms with Crippen LogP contribution in [0.25, 0.3) is 10.2 Å². The lowest BCUT2D eigenvalue weighted by molar-refractivity contribution is 0.0935. The van der Waals surface area contributed by atoms with Crippen molar-refractivity contribution in [2.45, 2.75) is 25.8 Å². The van der Waals surface area contributed by atoms with Gasteiger partial charge in [-0.1, -0.05) is 18.2 Å². The number of thiophene rings is 1. The highest BCUT2D eigenvalue weighted by Gasteiger charge is 2.33. The number of anilines is 3. The summed E-state index contributed by atoms with van der Waals surface area (Å²) in [5.74, 6) is 1.28. The lowest BCUT2D eigenvalue weighted by atomic mass is 10.1. The van der Waals surface area contributed by atoms with E-state index in [1.54, 1.807) is 11.1 Å². The van der Waals surface area contributed by atoms with Gasteiger partial charge in [0.2, 0.25) is 0 Å². The van der Waals surface area contributed by atoms with Crippen LogP contribution < -0.4 is 25.6 Å². The van der Waals surface area contributed by atoms with Crippen molar-refractivity contribution < 1.29 is 14.3 Å². The van der Waals surface area contributed by atoms with E-state index in [1.165, 1.54) is 11.3 Å². The molecule has 4 heterocycles. The molecular formula is C27H25N5O3S. The van der Waals surface area contributed by atoms with Gasteiger partial charge in [-0.2, -0.15) is 0 Å². The fourth-order valence-electron chi connectivity index (χ4n) is 4.73. The number of pyridine rings is 1. The summed E-state index contributed by atoms with van der Waals surface area (Å²) in [6.07, 6.45) is 3.64. The van der Waals surface area contributed by atoms with Crippen LogP contribution >= 0.6 is 11.3 Å². The Morgan fingerprint density at radius 2 is 2.06 bits per heavy atom. The maximum Gasteiger partial charge on any atom is 0.331 e. The van der Waals surface area contributed by atoms with Crippen molar-refractivity contribution in [3.05, 3.63) is 71.2 Å². The van der Waals surface area contributed by atoms with Crippen LogP contribution in [0.1, 0.15) is 28.1 Å². The smallest absolute Gasteiger partial charge is 0.331 e. The predicted molar refractivity (Wildman–Crippen MR) is 142 cm³/mol. The molecule has 9 heteroatoms. The molecule has 1 saturated heterocycles. The molecule has 2 aliphatic rings. The van der Waals surface area contributed by atoms with Crippen molar-refractivity contribution in [2.75, 3.05) is 23.3 Å². The molecule has 3 N–H and O–H groups in total. The van der Waals surface area contributed by atoms with Gasteiger partial charge in [0.1, 0.15) is 21.2 Å². The van der Waals surface area contributed by atoms with Gasteiger partial charge in [-0.15, -0.1) is 11.3 Å². The van der Waals surface area contributed by atoms with Crippen molar-refractivity contribution in [1.29, 1.82) is 0 Å². The topological polar surface area (TPSA) is 95.6 Å². The van der Waals surface area contributed by atoms with E-state index in [0.717, 1.165) is 48.4 Å². The lowest BCUT2D eigenvalue weighted by Gasteiger charge is -2.29. The number of aromatic nitrogens is 1. The SMILES string of the molecule is Cc1cc(N2C(=O)Nc3c(C(=O)NC4CCCNC4)sc4nccc2c34)ccc1Oc1ccccc1. The van der Waals surface area contributed by atoms with Crippen LogP contribution in [-0.4, -0.2) is 36.1 Å². The first-order valence-electron chi connectivity index (χ1n) is 12.0. The van der Waals surface area contributed by atoms with Crippen LogP contribution in [-0.2, 0) is 0 Å². The Morgan fingerprint density at radius 3 is 2.83 bits per heavy atom. The lowest BCUT2D eigenvalue weighted by Crippen LogP contribution is -2.45. The molecule has 8 nitrogen and oxygen atoms in total. The van der Waals surface area contributed by atoms with Crippen LogP contribution in [0.3, 0.4) is 0 Å². The van der Waals surface area contributed by atoms with Crippen molar-refractivity contribution in [2.24, 2.45) is 0 Å². The Morgan fingerprint density at radius 1 is 1.19 bits per heavy atom. The summed E-state index contributed by atoms with van der Waals surface area (Å²) < 4.78 is 6.01. The standard InChI is InChI=1S/C27H25N5O3S/c1-16-14-18(9-10-21(16)35-19-7-3-2-4-8-19)32-20-11-13-29-26-22(20)23(31-27(32)34)24(36-26)25(33)30-17-6-5-12-28-15-17/h2-4,7-11,13-14,17,28H,5-6,12,15H2,1H3,(H,30,33)(H,31,34). The zero-order valence-corrected chi connectivity index (χ0v) is 20.5. The van der Waals surface area contributed by atoms with Gasteiger partial charge in [0, 0.05) is 18.8 Å². The highest BCUT2D eigenvalue weighted by molar-refractivity contribution is 7.21. The molecule has 0 saturated carbocycles. The van der Waals surface area contributed by atoms with E-state index in [1.807, 2.05) is 61.5 Å². The number of nitrogens with zero attached hydrogens (tertiary/aromatic N) is 2. The van der Waals surface area contributed by atoms with Crippen molar-refractivity contribution >= 4 is 50.6 Å². The summed E-state index contributed by atoms with van der Waals surface area (Å²) in [6.45, 7) is 3.67. The van der Waals surface area contributed by atoms with Gasteiger partial charge in [-0.05, 0) is 68.3 Å². The minimum absolute atomic E-state index is 0.0754. The molecule has 1 fully saturated rings. The Balaban J connectivity index is 1.34. The fraction of sp³-hybridized carbons (Fsp3) is 0.222. The molecule has 0 radical (unpaired) electrons. The second kappa shape index (κ2) is 9.25. The van der Waals surface area contributed by atoms with Gasteiger partial charge in [0.05, 0.1) is 22.4 Å². The molecule has 2 aromatic carbocycles. The van der Waals surface area contributed by atoms with E-state index in [9.17, 15) is 9.59 Å². The number of rotatable bonds is 5. The summed E-state index contributed by atoms with van der Waals surface area (Å²) in [4.78, 5) is 33.8. The molecule has 0 aliphatic carbocycles. The predicted octanol–water partition coefficient (Wildman–Crippen LogP) is 5.56. The summed E-state index contributed by atoms with van der Waals surface area (Å²) in [5, 5.41) is 10.2. The number of piperidine rings is 1. The maximum absolute atomic E-state index is 13.4. The van der Waals surface area contributed by atoms with Gasteiger partial charge in [0.25, 0.3) is 5.91 Å². The highest BCUT2D eigenvalue weighted by atomic mass is 32.1. The number of nitrogens with one attached hydrogen (secondary N) is 3. The number of carbonyl (C=O) groups excluding carboxylic acids is 2. The first kappa shape index (κ1) is 22.5. The number of hydrogen-bond donors (Lipinski definition) is 3. The van der Waals surface area contributed by atoms with Crippen LogP contribution in [0.5, 0.6) is 11.5 Å². The van der Waals surface area contributed by atoms with E-state index in [0.29, 0.717) is 26.8 Å². The Labute approximate surface area is 212 Å². The minimum Gasteiger partial charge on any atom is -0.457 e. The number of hydrogen-bond acceptors (Lipinski definition) is 6. The summed E-state index contributed by atoms with van der Waals surface area (Å²) >= 11 is 1.30. The van der Waals surface area contributed by atoms with E-state index >= 15 is 0 Å². The fourth-order valence-corrected chi connectivity index (χ4v) is 5.75. The Hall–Kier alpha value is -3.95. The van der Waals surface area contributed by atoms with E-state index < -0.39 is 0 Å². The molecule has 36 heavy (non-hydrogen) atoms. The quantitative estimate of drug-likeness (QED) is 0.334. The van der Waals surface area contributed by atoms with Gasteiger partial charge in [-0.25, -0.2) is 9.78 Å². The monoisotopic (exact) mass is 499 g/mol.